The van der Waals surface area contributed by atoms with E-state index in [9.17, 15) is 19.5 Å². The molecule has 272 valence electrons. The number of amides is 1. The van der Waals surface area contributed by atoms with Crippen LogP contribution >= 0.6 is 0 Å². The van der Waals surface area contributed by atoms with Gasteiger partial charge in [-0.25, -0.2) is 18.7 Å². The number of pyridine rings is 1. The van der Waals surface area contributed by atoms with Crippen molar-refractivity contribution >= 4 is 34.3 Å². The number of nitrogens with zero attached hydrogens (tertiary/aromatic N) is 6. The fourth-order valence-corrected chi connectivity index (χ4v) is 7.49. The first-order valence-corrected chi connectivity index (χ1v) is 17.5. The van der Waals surface area contributed by atoms with Crippen LogP contribution in [0.25, 0.3) is 10.9 Å². The largest absolute Gasteiger partial charge is 0.487 e. The van der Waals surface area contributed by atoms with Crippen molar-refractivity contribution in [1.82, 2.24) is 19.6 Å². The fourth-order valence-electron chi connectivity index (χ4n) is 7.49. The molecule has 1 saturated carbocycles. The van der Waals surface area contributed by atoms with Crippen LogP contribution < -0.4 is 24.7 Å². The Labute approximate surface area is 301 Å². The zero-order chi connectivity index (χ0) is 36.3. The number of rotatable bonds is 10. The number of aliphatic hydroxyl groups is 1. The number of aromatic nitrogens is 4. The number of benzene rings is 3. The summed E-state index contributed by atoms with van der Waals surface area (Å²) in [5.41, 5.74) is 0.651. The molecule has 2 saturated heterocycles. The van der Waals surface area contributed by atoms with E-state index in [-0.39, 0.29) is 56.3 Å². The van der Waals surface area contributed by atoms with Crippen molar-refractivity contribution < 1.29 is 38.0 Å². The second-order valence-corrected chi connectivity index (χ2v) is 14.0. The number of carbonyl (C=O) groups excluding carboxylic acids is 2. The number of esters is 1. The van der Waals surface area contributed by atoms with Crippen LogP contribution in [0.5, 0.6) is 11.5 Å². The molecule has 3 aliphatic heterocycles. The van der Waals surface area contributed by atoms with E-state index in [4.69, 9.17) is 18.9 Å². The molecule has 3 atom stereocenters. The third kappa shape index (κ3) is 6.20. The summed E-state index contributed by atoms with van der Waals surface area (Å²) in [4.78, 5) is 42.8. The normalized spacial score (nSPS) is 22.0. The Morgan fingerprint density at radius 1 is 1.08 bits per heavy atom. The minimum Gasteiger partial charge on any atom is -0.487 e. The molecule has 9 rings (SSSR count). The Bertz CT molecular complexity index is 2280. The van der Waals surface area contributed by atoms with Gasteiger partial charge in [0.05, 0.1) is 54.2 Å². The number of hydrogen-bond acceptors (Lipinski definition) is 11. The summed E-state index contributed by atoms with van der Waals surface area (Å²) < 4.78 is 42.0. The highest BCUT2D eigenvalue weighted by atomic mass is 19.1. The monoisotopic (exact) mass is 722 g/mol. The summed E-state index contributed by atoms with van der Waals surface area (Å²) in [7, 11) is 0. The van der Waals surface area contributed by atoms with Gasteiger partial charge in [-0.2, -0.15) is 0 Å². The Kier molecular flexibility index (Phi) is 8.02. The SMILES string of the molecule is O=C(OCc1ccccc1)c1cn(C2CC2)c2c3c(ccc2c1=O)N1C[C@](O)(COc2ccc(N4C[C@H](Cn5ccnn5)OC4=O)cc2F)C[C@H]1CO3. The summed E-state index contributed by atoms with van der Waals surface area (Å²) in [5, 5.41) is 19.7. The number of anilines is 2. The number of hydrogen-bond donors (Lipinski definition) is 1. The highest BCUT2D eigenvalue weighted by molar-refractivity contribution is 5.98. The molecule has 3 fully saturated rings. The highest BCUT2D eigenvalue weighted by Crippen LogP contribution is 2.47. The Hall–Kier alpha value is -5.96. The first-order valence-electron chi connectivity index (χ1n) is 17.5. The van der Waals surface area contributed by atoms with E-state index < -0.39 is 35.0 Å². The lowest BCUT2D eigenvalue weighted by Crippen LogP contribution is -2.40. The Morgan fingerprint density at radius 2 is 1.92 bits per heavy atom. The van der Waals surface area contributed by atoms with E-state index in [2.05, 4.69) is 10.3 Å². The van der Waals surface area contributed by atoms with Crippen LogP contribution in [0.2, 0.25) is 0 Å². The molecule has 5 aromatic rings. The minimum absolute atomic E-state index is 0.0327. The predicted molar refractivity (Wildman–Crippen MR) is 188 cm³/mol. The average Bonchev–Trinajstić information content (AvgIpc) is 3.57. The van der Waals surface area contributed by atoms with Crippen LogP contribution in [0.15, 0.2) is 84.0 Å². The molecule has 5 heterocycles. The van der Waals surface area contributed by atoms with Gasteiger partial charge in [0.15, 0.2) is 17.3 Å². The summed E-state index contributed by atoms with van der Waals surface area (Å²) in [6.07, 6.45) is 5.81. The Morgan fingerprint density at radius 3 is 2.70 bits per heavy atom. The van der Waals surface area contributed by atoms with Gasteiger partial charge < -0.3 is 33.5 Å². The van der Waals surface area contributed by atoms with E-state index in [1.54, 1.807) is 35.3 Å². The van der Waals surface area contributed by atoms with Gasteiger partial charge in [0, 0.05) is 30.9 Å². The number of fused-ring (bicyclic) bond motifs is 5. The predicted octanol–water partition coefficient (Wildman–Crippen LogP) is 4.23. The molecule has 1 N–H and O–H groups in total. The number of cyclic esters (lactones) is 1. The van der Waals surface area contributed by atoms with Gasteiger partial charge in [0.25, 0.3) is 0 Å². The summed E-state index contributed by atoms with van der Waals surface area (Å²) >= 11 is 0. The van der Waals surface area contributed by atoms with Gasteiger partial charge >= 0.3 is 12.1 Å². The van der Waals surface area contributed by atoms with E-state index in [0.717, 1.165) is 18.4 Å². The maximum atomic E-state index is 15.3. The van der Waals surface area contributed by atoms with Gasteiger partial charge in [-0.15, -0.1) is 5.10 Å². The van der Waals surface area contributed by atoms with Crippen molar-refractivity contribution in [3.63, 3.8) is 0 Å². The molecule has 0 bridgehead atoms. The molecule has 14 nitrogen and oxygen atoms in total. The van der Waals surface area contributed by atoms with Crippen molar-refractivity contribution in [2.45, 2.75) is 56.2 Å². The van der Waals surface area contributed by atoms with Crippen LogP contribution in [0.3, 0.4) is 0 Å². The molecule has 1 amide bonds. The van der Waals surface area contributed by atoms with Crippen LogP contribution in [-0.2, 0) is 22.6 Å². The molecule has 1 aliphatic carbocycles. The molecular formula is C38H35FN6O8. The second kappa shape index (κ2) is 12.9. The first kappa shape index (κ1) is 32.9. The van der Waals surface area contributed by atoms with Crippen molar-refractivity contribution in [3.8, 4) is 11.5 Å². The van der Waals surface area contributed by atoms with E-state index >= 15 is 4.39 Å². The lowest BCUT2D eigenvalue weighted by Gasteiger charge is -2.34. The van der Waals surface area contributed by atoms with Gasteiger partial charge in [0.2, 0.25) is 5.43 Å². The molecule has 2 aromatic heterocycles. The maximum absolute atomic E-state index is 15.3. The summed E-state index contributed by atoms with van der Waals surface area (Å²) in [5.74, 6) is -0.914. The van der Waals surface area contributed by atoms with Crippen LogP contribution in [0.1, 0.15) is 41.2 Å². The molecule has 3 aromatic carbocycles. The summed E-state index contributed by atoms with van der Waals surface area (Å²) in [6, 6.07) is 16.9. The second-order valence-electron chi connectivity index (χ2n) is 14.0. The quantitative estimate of drug-likeness (QED) is 0.206. The van der Waals surface area contributed by atoms with E-state index in [0.29, 0.717) is 41.0 Å². The molecule has 15 heteroatoms. The molecule has 0 spiro atoms. The zero-order valence-electron chi connectivity index (χ0n) is 28.5. The minimum atomic E-state index is -1.34. The summed E-state index contributed by atoms with van der Waals surface area (Å²) in [6.45, 7) is 0.835. The number of halogens is 1. The van der Waals surface area contributed by atoms with Crippen LogP contribution in [0.4, 0.5) is 20.6 Å². The van der Waals surface area contributed by atoms with Crippen molar-refractivity contribution in [2.75, 3.05) is 36.1 Å². The van der Waals surface area contributed by atoms with Crippen molar-refractivity contribution in [2.24, 2.45) is 0 Å². The van der Waals surface area contributed by atoms with Gasteiger partial charge in [-0.1, -0.05) is 35.5 Å². The van der Waals surface area contributed by atoms with Crippen molar-refractivity contribution in [3.05, 3.63) is 106 Å². The molecule has 4 aliphatic rings. The molecule has 53 heavy (non-hydrogen) atoms. The average molecular weight is 723 g/mol. The molecule has 0 unspecified atom stereocenters. The third-order valence-corrected chi connectivity index (χ3v) is 10.2. The van der Waals surface area contributed by atoms with E-state index in [1.807, 2.05) is 39.8 Å². The third-order valence-electron chi connectivity index (χ3n) is 10.2. The van der Waals surface area contributed by atoms with E-state index in [1.165, 1.54) is 23.2 Å². The molecular weight excluding hydrogens is 687 g/mol. The van der Waals surface area contributed by atoms with Crippen LogP contribution in [0, 0.1) is 5.82 Å². The lowest BCUT2D eigenvalue weighted by molar-refractivity contribution is 0.00980. The molecule has 0 radical (unpaired) electrons. The Balaban J connectivity index is 0.907. The van der Waals surface area contributed by atoms with Gasteiger partial charge in [-0.3, -0.25) is 9.69 Å². The lowest BCUT2D eigenvalue weighted by atomic mass is 10.0. The number of ether oxygens (including phenoxy) is 4. The maximum Gasteiger partial charge on any atom is 0.414 e. The van der Waals surface area contributed by atoms with Gasteiger partial charge in [-0.05, 0) is 42.7 Å². The smallest absolute Gasteiger partial charge is 0.414 e. The fraction of sp³-hybridized carbons (Fsp3) is 0.342. The van der Waals surface area contributed by atoms with Gasteiger partial charge in [0.1, 0.15) is 37.1 Å². The number of carbonyl (C=O) groups is 2. The highest BCUT2D eigenvalue weighted by Gasteiger charge is 2.47. The van der Waals surface area contributed by atoms with Crippen LogP contribution in [-0.4, -0.2) is 80.8 Å². The van der Waals surface area contributed by atoms with Crippen molar-refractivity contribution in [1.29, 1.82) is 0 Å². The first-order chi connectivity index (χ1) is 25.7. The topological polar surface area (TPSA) is 150 Å². The standard InChI is InChI=1S/C38H35FN6O8/c39-30-14-25(44-17-27(53-37(44)48)16-42-13-12-40-41-42)8-11-32(30)52-22-38(49)15-26-20-50-35-31(45(26)21-38)10-9-28-33(35)43(24-6-7-24)18-29(34(28)46)36(47)51-19-23-4-2-1-3-5-23/h1-5,8-14,18,24,26-27,49H,6-7,15-17,19-22H2/t26-,27-,38-/m0/s1. The zero-order valence-corrected chi connectivity index (χ0v) is 28.5.